The Morgan fingerprint density at radius 2 is 1.54 bits per heavy atom. The van der Waals surface area contributed by atoms with E-state index in [0.29, 0.717) is 12.3 Å². The molecule has 1 N–H and O–H groups in total. The SMILES string of the molecule is Cc1ccc(S(=O)(=O)OCCOCc2ccc(COc3c(C(C)(C)C)n[nH]c(=O)c3Cl)cc2)cc1. The Kier molecular flexibility index (Phi) is 8.71. The molecule has 3 rings (SSSR count). The average Bonchev–Trinajstić information content (AvgIpc) is 2.80. The lowest BCUT2D eigenvalue weighted by Crippen LogP contribution is -2.22. The lowest BCUT2D eigenvalue weighted by molar-refractivity contribution is 0.0907. The number of aryl methyl sites for hydroxylation is 1. The van der Waals surface area contributed by atoms with Crippen LogP contribution in [0.2, 0.25) is 5.02 Å². The van der Waals surface area contributed by atoms with Gasteiger partial charge in [0.15, 0.2) is 10.8 Å². The lowest BCUT2D eigenvalue weighted by Gasteiger charge is -2.21. The third-order valence-electron chi connectivity index (χ3n) is 5.04. The van der Waals surface area contributed by atoms with Crippen molar-refractivity contribution in [2.75, 3.05) is 13.2 Å². The van der Waals surface area contributed by atoms with Crippen molar-refractivity contribution in [1.29, 1.82) is 0 Å². The van der Waals surface area contributed by atoms with E-state index in [0.717, 1.165) is 16.7 Å². The van der Waals surface area contributed by atoms with Crippen LogP contribution in [-0.4, -0.2) is 31.8 Å². The number of rotatable bonds is 10. The molecule has 3 aromatic rings. The monoisotopic (exact) mass is 520 g/mol. The fourth-order valence-corrected chi connectivity index (χ4v) is 4.19. The molecule has 8 nitrogen and oxygen atoms in total. The van der Waals surface area contributed by atoms with Gasteiger partial charge in [-0.3, -0.25) is 8.98 Å². The highest BCUT2D eigenvalue weighted by atomic mass is 35.5. The number of aromatic amines is 1. The first-order chi connectivity index (χ1) is 16.5. The van der Waals surface area contributed by atoms with Crippen LogP contribution < -0.4 is 10.3 Å². The first kappa shape index (κ1) is 26.9. The van der Waals surface area contributed by atoms with Crippen molar-refractivity contribution in [1.82, 2.24) is 10.2 Å². The van der Waals surface area contributed by atoms with E-state index in [-0.39, 0.29) is 40.9 Å². The van der Waals surface area contributed by atoms with Crippen molar-refractivity contribution < 1.29 is 22.1 Å². The zero-order chi connectivity index (χ0) is 25.6. The average molecular weight is 521 g/mol. The van der Waals surface area contributed by atoms with Crippen molar-refractivity contribution in [2.45, 2.75) is 51.2 Å². The zero-order valence-corrected chi connectivity index (χ0v) is 21.7. The van der Waals surface area contributed by atoms with Crippen LogP contribution >= 0.6 is 11.6 Å². The molecule has 0 bridgehead atoms. The molecule has 0 atom stereocenters. The van der Waals surface area contributed by atoms with E-state index in [4.69, 9.17) is 25.3 Å². The Hall–Kier alpha value is -2.72. The third-order valence-corrected chi connectivity index (χ3v) is 6.71. The number of nitrogens with zero attached hydrogens (tertiary/aromatic N) is 1. The highest BCUT2D eigenvalue weighted by molar-refractivity contribution is 7.86. The minimum absolute atomic E-state index is 0.0263. The molecule has 0 saturated carbocycles. The zero-order valence-electron chi connectivity index (χ0n) is 20.1. The largest absolute Gasteiger partial charge is 0.485 e. The number of hydrogen-bond donors (Lipinski definition) is 1. The van der Waals surface area contributed by atoms with Gasteiger partial charge in [0.1, 0.15) is 12.3 Å². The molecule has 0 aliphatic carbocycles. The highest BCUT2D eigenvalue weighted by Crippen LogP contribution is 2.33. The van der Waals surface area contributed by atoms with E-state index >= 15 is 0 Å². The van der Waals surface area contributed by atoms with Crippen LogP contribution in [0, 0.1) is 6.92 Å². The molecule has 35 heavy (non-hydrogen) atoms. The molecular weight excluding hydrogens is 492 g/mol. The maximum atomic E-state index is 12.2. The molecular formula is C25H29ClN2O6S. The summed E-state index contributed by atoms with van der Waals surface area (Å²) in [6.45, 7) is 8.29. The molecule has 0 radical (unpaired) electrons. The van der Waals surface area contributed by atoms with Crippen LogP contribution in [0.5, 0.6) is 5.75 Å². The maximum absolute atomic E-state index is 12.2. The summed E-state index contributed by atoms with van der Waals surface area (Å²) in [5.74, 6) is 0.274. The Morgan fingerprint density at radius 1 is 0.943 bits per heavy atom. The van der Waals surface area contributed by atoms with E-state index < -0.39 is 15.7 Å². The summed E-state index contributed by atoms with van der Waals surface area (Å²) < 4.78 is 40.8. The first-order valence-electron chi connectivity index (χ1n) is 11.0. The second-order valence-electron chi connectivity index (χ2n) is 9.04. The van der Waals surface area contributed by atoms with Gasteiger partial charge in [-0.1, -0.05) is 74.3 Å². The minimum Gasteiger partial charge on any atom is -0.485 e. The van der Waals surface area contributed by atoms with Gasteiger partial charge in [0.05, 0.1) is 24.7 Å². The number of benzene rings is 2. The number of halogens is 1. The highest BCUT2D eigenvalue weighted by Gasteiger charge is 2.25. The van der Waals surface area contributed by atoms with Crippen LogP contribution in [0.4, 0.5) is 0 Å². The predicted molar refractivity (Wildman–Crippen MR) is 133 cm³/mol. The van der Waals surface area contributed by atoms with Crippen molar-refractivity contribution in [2.24, 2.45) is 0 Å². The van der Waals surface area contributed by atoms with Gasteiger partial charge < -0.3 is 9.47 Å². The number of hydrogen-bond acceptors (Lipinski definition) is 7. The van der Waals surface area contributed by atoms with E-state index in [1.807, 2.05) is 52.0 Å². The van der Waals surface area contributed by atoms with Gasteiger partial charge >= 0.3 is 0 Å². The smallest absolute Gasteiger partial charge is 0.297 e. The molecule has 0 unspecified atom stereocenters. The molecule has 0 aliphatic rings. The molecule has 0 spiro atoms. The summed E-state index contributed by atoms with van der Waals surface area (Å²) >= 11 is 6.17. The lowest BCUT2D eigenvalue weighted by atomic mass is 9.91. The normalized spacial score (nSPS) is 12.0. The van der Waals surface area contributed by atoms with E-state index in [9.17, 15) is 13.2 Å². The van der Waals surface area contributed by atoms with E-state index in [1.54, 1.807) is 12.1 Å². The van der Waals surface area contributed by atoms with Crippen LogP contribution in [-0.2, 0) is 37.7 Å². The third kappa shape index (κ3) is 7.38. The quantitative estimate of drug-likeness (QED) is 0.309. The van der Waals surface area contributed by atoms with Gasteiger partial charge in [0.25, 0.3) is 15.7 Å². The van der Waals surface area contributed by atoms with Crippen molar-refractivity contribution in [3.63, 3.8) is 0 Å². The molecule has 2 aromatic carbocycles. The second-order valence-corrected chi connectivity index (χ2v) is 11.0. The molecule has 1 heterocycles. The molecule has 0 aliphatic heterocycles. The van der Waals surface area contributed by atoms with Gasteiger partial charge in [0.2, 0.25) is 0 Å². The molecule has 188 valence electrons. The summed E-state index contributed by atoms with van der Waals surface area (Å²) in [5.41, 5.74) is 2.44. The summed E-state index contributed by atoms with van der Waals surface area (Å²) in [7, 11) is -3.80. The molecule has 0 amide bonds. The summed E-state index contributed by atoms with van der Waals surface area (Å²) in [6.07, 6.45) is 0. The Bertz CT molecular complexity index is 1300. The number of ether oxygens (including phenoxy) is 2. The second kappa shape index (κ2) is 11.3. The molecule has 0 saturated heterocycles. The molecule has 1 aromatic heterocycles. The number of nitrogens with one attached hydrogen (secondary N) is 1. The van der Waals surface area contributed by atoms with Crippen molar-refractivity contribution in [3.8, 4) is 5.75 Å². The Labute approximate surface area is 210 Å². The Balaban J connectivity index is 1.49. The maximum Gasteiger partial charge on any atom is 0.297 e. The van der Waals surface area contributed by atoms with Crippen LogP contribution in [0.25, 0.3) is 0 Å². The van der Waals surface area contributed by atoms with Crippen molar-refractivity contribution in [3.05, 3.63) is 86.3 Å². The van der Waals surface area contributed by atoms with Crippen LogP contribution in [0.3, 0.4) is 0 Å². The van der Waals surface area contributed by atoms with Gasteiger partial charge in [0, 0.05) is 5.41 Å². The Morgan fingerprint density at radius 3 is 2.14 bits per heavy atom. The summed E-state index contributed by atoms with van der Waals surface area (Å²) in [4.78, 5) is 12.0. The van der Waals surface area contributed by atoms with Gasteiger partial charge in [-0.05, 0) is 30.2 Å². The fourth-order valence-electron chi connectivity index (χ4n) is 3.11. The minimum atomic E-state index is -3.80. The molecule has 0 fully saturated rings. The van der Waals surface area contributed by atoms with Crippen molar-refractivity contribution >= 4 is 21.7 Å². The molecule has 10 heteroatoms. The number of aromatic nitrogens is 2. The standard InChI is InChI=1S/C25H29ClN2O6S/c1-17-5-11-20(12-6-17)35(30,31)34-14-13-32-15-18-7-9-19(10-8-18)16-33-22-21(26)24(29)28-27-23(22)25(2,3)4/h5-12H,13-16H2,1-4H3,(H,28,29). The summed E-state index contributed by atoms with van der Waals surface area (Å²) in [5, 5.41) is 6.48. The van der Waals surface area contributed by atoms with E-state index in [2.05, 4.69) is 10.2 Å². The number of H-pyrrole nitrogens is 1. The van der Waals surface area contributed by atoms with Gasteiger partial charge in [-0.2, -0.15) is 13.5 Å². The van der Waals surface area contributed by atoms with Crippen LogP contribution in [0.15, 0.2) is 58.2 Å². The topological polar surface area (TPSA) is 108 Å². The van der Waals surface area contributed by atoms with Gasteiger partial charge in [-0.15, -0.1) is 0 Å². The van der Waals surface area contributed by atoms with E-state index in [1.165, 1.54) is 12.1 Å². The summed E-state index contributed by atoms with van der Waals surface area (Å²) in [6, 6.07) is 14.0. The fraction of sp³-hybridized carbons (Fsp3) is 0.360. The first-order valence-corrected chi connectivity index (χ1v) is 12.8. The van der Waals surface area contributed by atoms with Gasteiger partial charge in [-0.25, -0.2) is 5.10 Å². The predicted octanol–water partition coefficient (Wildman–Crippen LogP) is 4.53. The van der Waals surface area contributed by atoms with Crippen LogP contribution in [0.1, 0.15) is 43.2 Å².